The number of non-ortho nitro benzene ring substituents is 1. The number of likely N-dealkylation sites (N-methyl/N-ethyl adjacent to an activating group) is 1. The first kappa shape index (κ1) is 17.2. The van der Waals surface area contributed by atoms with Crippen molar-refractivity contribution in [2.24, 2.45) is 0 Å². The fourth-order valence-corrected chi connectivity index (χ4v) is 4.57. The van der Waals surface area contributed by atoms with Crippen molar-refractivity contribution in [3.8, 4) is 5.75 Å². The Kier molecular flexibility index (Phi) is 3.56. The van der Waals surface area contributed by atoms with Gasteiger partial charge in [-0.15, -0.1) is 0 Å². The van der Waals surface area contributed by atoms with Gasteiger partial charge in [-0.25, -0.2) is 0 Å². The molecule has 2 aliphatic heterocycles. The summed E-state index contributed by atoms with van der Waals surface area (Å²) in [5.74, 6) is 0.591. The van der Waals surface area contributed by atoms with Crippen molar-refractivity contribution in [3.05, 3.63) is 67.7 Å². The zero-order chi connectivity index (χ0) is 18.9. The number of benzene rings is 2. The second kappa shape index (κ2) is 5.38. The van der Waals surface area contributed by atoms with E-state index in [2.05, 4.69) is 13.8 Å². The summed E-state index contributed by atoms with van der Waals surface area (Å²) in [5, 5.41) is 12.1. The summed E-state index contributed by atoms with van der Waals surface area (Å²) in [5.41, 5.74) is 1.30. The summed E-state index contributed by atoms with van der Waals surface area (Å²) < 4.78 is 6.43. The Hall–Kier alpha value is -2.24. The second-order valence-corrected chi connectivity index (χ2v) is 7.92. The molecule has 2 aliphatic rings. The minimum atomic E-state index is -0.813. The minimum absolute atomic E-state index is 0.0325. The Morgan fingerprint density at radius 1 is 1.19 bits per heavy atom. The maximum Gasteiger partial charge on any atom is 0.270 e. The van der Waals surface area contributed by atoms with Crippen LogP contribution in [0.4, 0.5) is 11.4 Å². The van der Waals surface area contributed by atoms with E-state index in [1.54, 1.807) is 12.1 Å². The molecule has 0 aromatic heterocycles. The number of rotatable bonds is 1. The number of anilines is 1. The fourth-order valence-electron chi connectivity index (χ4n) is 3.95. The highest BCUT2D eigenvalue weighted by Gasteiger charge is 2.58. The molecule has 1 unspecified atom stereocenters. The molecule has 0 saturated heterocycles. The zero-order valence-corrected chi connectivity index (χ0v) is 15.9. The van der Waals surface area contributed by atoms with Gasteiger partial charge < -0.3 is 9.64 Å². The summed E-state index contributed by atoms with van der Waals surface area (Å²) in [6.45, 7) is 4.14. The highest BCUT2D eigenvalue weighted by molar-refractivity contribution is 6.36. The van der Waals surface area contributed by atoms with Gasteiger partial charge in [0.1, 0.15) is 5.75 Å². The van der Waals surface area contributed by atoms with E-state index < -0.39 is 16.1 Å². The molecule has 134 valence electrons. The average molecular weight is 391 g/mol. The quantitative estimate of drug-likeness (QED) is 0.481. The summed E-state index contributed by atoms with van der Waals surface area (Å²) in [7, 11) is 1.92. The lowest BCUT2D eigenvalue weighted by Gasteiger charge is -2.45. The molecule has 4 rings (SSSR count). The first-order valence-electron chi connectivity index (χ1n) is 8.07. The molecule has 1 atom stereocenters. The molecule has 1 spiro atoms. The maximum absolute atomic E-state index is 11.0. The Labute approximate surface area is 160 Å². The van der Waals surface area contributed by atoms with Crippen molar-refractivity contribution in [2.75, 3.05) is 11.9 Å². The predicted octanol–water partition coefficient (Wildman–Crippen LogP) is 5.43. The van der Waals surface area contributed by atoms with Crippen molar-refractivity contribution < 1.29 is 9.66 Å². The average Bonchev–Trinajstić information content (AvgIpc) is 2.73. The molecule has 0 bridgehead atoms. The molecule has 0 saturated carbocycles. The number of ether oxygens (including phenoxy) is 1. The van der Waals surface area contributed by atoms with Gasteiger partial charge in [-0.05, 0) is 49.8 Å². The SMILES string of the molecule is CN1c2c(Cl)cc(Cl)cc2C(C)(C)C12C=Cc1cc([N+](=O)[O-])ccc1O2. The van der Waals surface area contributed by atoms with Crippen LogP contribution in [0.3, 0.4) is 0 Å². The van der Waals surface area contributed by atoms with E-state index in [-0.39, 0.29) is 5.69 Å². The van der Waals surface area contributed by atoms with Gasteiger partial charge in [-0.1, -0.05) is 23.2 Å². The fraction of sp³-hybridized carbons (Fsp3) is 0.263. The van der Waals surface area contributed by atoms with E-state index >= 15 is 0 Å². The van der Waals surface area contributed by atoms with Gasteiger partial charge in [0.25, 0.3) is 5.69 Å². The van der Waals surface area contributed by atoms with Crippen LogP contribution in [0.1, 0.15) is 25.0 Å². The normalized spacial score (nSPS) is 22.1. The largest absolute Gasteiger partial charge is 0.463 e. The third-order valence-corrected chi connectivity index (χ3v) is 5.90. The highest BCUT2D eigenvalue weighted by Crippen LogP contribution is 2.56. The molecule has 0 amide bonds. The molecule has 26 heavy (non-hydrogen) atoms. The molecule has 0 aliphatic carbocycles. The second-order valence-electron chi connectivity index (χ2n) is 7.08. The van der Waals surface area contributed by atoms with E-state index in [0.717, 1.165) is 11.3 Å². The summed E-state index contributed by atoms with van der Waals surface area (Å²) in [6.07, 6.45) is 3.80. The molecule has 2 heterocycles. The predicted molar refractivity (Wildman–Crippen MR) is 103 cm³/mol. The Morgan fingerprint density at radius 3 is 2.62 bits per heavy atom. The van der Waals surface area contributed by atoms with E-state index in [0.29, 0.717) is 21.4 Å². The molecule has 7 heteroatoms. The van der Waals surface area contributed by atoms with E-state index in [1.165, 1.54) is 12.1 Å². The Morgan fingerprint density at radius 2 is 1.92 bits per heavy atom. The van der Waals surface area contributed by atoms with E-state index in [1.807, 2.05) is 30.2 Å². The minimum Gasteiger partial charge on any atom is -0.463 e. The lowest BCUT2D eigenvalue weighted by molar-refractivity contribution is -0.384. The van der Waals surface area contributed by atoms with Crippen LogP contribution in [0.2, 0.25) is 10.0 Å². The smallest absolute Gasteiger partial charge is 0.270 e. The first-order valence-corrected chi connectivity index (χ1v) is 8.83. The van der Waals surface area contributed by atoms with Gasteiger partial charge in [-0.3, -0.25) is 10.1 Å². The number of nitro benzene ring substituents is 1. The number of halogens is 2. The third kappa shape index (κ3) is 2.10. The standard InChI is InChI=1S/C19H16Cl2N2O3/c1-18(2)14-9-12(20)10-15(21)17(14)22(3)19(18)7-6-11-8-13(23(24)25)4-5-16(11)26-19/h4-10H,1-3H3. The number of fused-ring (bicyclic) bond motifs is 2. The van der Waals surface area contributed by atoms with Crippen molar-refractivity contribution in [2.45, 2.75) is 25.0 Å². The van der Waals surface area contributed by atoms with Crippen molar-refractivity contribution in [3.63, 3.8) is 0 Å². The summed E-state index contributed by atoms with van der Waals surface area (Å²) >= 11 is 12.7. The van der Waals surface area contributed by atoms with Gasteiger partial charge >= 0.3 is 0 Å². The van der Waals surface area contributed by atoms with Gasteiger partial charge in [0.05, 0.1) is 21.0 Å². The van der Waals surface area contributed by atoms with Gasteiger partial charge in [0, 0.05) is 29.8 Å². The Bertz CT molecular complexity index is 987. The van der Waals surface area contributed by atoms with Crippen LogP contribution in [0.25, 0.3) is 6.08 Å². The van der Waals surface area contributed by atoms with E-state index in [9.17, 15) is 10.1 Å². The first-order chi connectivity index (χ1) is 12.2. The molecule has 2 aromatic carbocycles. The molecule has 0 fully saturated rings. The monoisotopic (exact) mass is 390 g/mol. The Balaban J connectivity index is 1.87. The molecular formula is C19H16Cl2N2O3. The van der Waals surface area contributed by atoms with Crippen LogP contribution in [-0.4, -0.2) is 17.7 Å². The van der Waals surface area contributed by atoms with Crippen LogP contribution in [0, 0.1) is 10.1 Å². The van der Waals surface area contributed by atoms with Crippen LogP contribution in [0.15, 0.2) is 36.4 Å². The maximum atomic E-state index is 11.0. The number of nitro groups is 1. The molecule has 5 nitrogen and oxygen atoms in total. The van der Waals surface area contributed by atoms with Crippen molar-refractivity contribution >= 4 is 40.7 Å². The van der Waals surface area contributed by atoms with E-state index in [4.69, 9.17) is 27.9 Å². The van der Waals surface area contributed by atoms with Gasteiger partial charge in [0.2, 0.25) is 5.72 Å². The highest BCUT2D eigenvalue weighted by atomic mass is 35.5. The molecule has 0 N–H and O–H groups in total. The number of hydrogen-bond acceptors (Lipinski definition) is 4. The molecular weight excluding hydrogens is 375 g/mol. The zero-order valence-electron chi connectivity index (χ0n) is 14.4. The van der Waals surface area contributed by atoms with Gasteiger partial charge in [-0.2, -0.15) is 0 Å². The molecule has 2 aromatic rings. The number of hydrogen-bond donors (Lipinski definition) is 0. The summed E-state index contributed by atoms with van der Waals surface area (Å²) in [6, 6.07) is 8.23. The van der Waals surface area contributed by atoms with Crippen LogP contribution in [-0.2, 0) is 5.41 Å². The topological polar surface area (TPSA) is 55.6 Å². The molecule has 0 radical (unpaired) electrons. The van der Waals surface area contributed by atoms with Crippen LogP contribution >= 0.6 is 23.2 Å². The van der Waals surface area contributed by atoms with Gasteiger partial charge in [0.15, 0.2) is 0 Å². The lowest BCUT2D eigenvalue weighted by Crippen LogP contribution is -2.58. The third-order valence-electron chi connectivity index (χ3n) is 5.39. The van der Waals surface area contributed by atoms with Crippen molar-refractivity contribution in [1.82, 2.24) is 0 Å². The van der Waals surface area contributed by atoms with Crippen LogP contribution < -0.4 is 9.64 Å². The van der Waals surface area contributed by atoms with Crippen LogP contribution in [0.5, 0.6) is 5.75 Å². The van der Waals surface area contributed by atoms with Crippen molar-refractivity contribution in [1.29, 1.82) is 0 Å². The lowest BCUT2D eigenvalue weighted by atomic mass is 9.76. The summed E-state index contributed by atoms with van der Waals surface area (Å²) in [4.78, 5) is 12.6. The number of nitrogens with zero attached hydrogens (tertiary/aromatic N) is 2.